The van der Waals surface area contributed by atoms with E-state index in [0.29, 0.717) is 11.4 Å². The number of benzene rings is 2. The average molecular weight is 404 g/mol. The van der Waals surface area contributed by atoms with Gasteiger partial charge in [-0.2, -0.15) is 4.80 Å². The van der Waals surface area contributed by atoms with Crippen molar-refractivity contribution in [2.45, 2.75) is 13.1 Å². The predicted molar refractivity (Wildman–Crippen MR) is 93.8 cm³/mol. The highest BCUT2D eigenvalue weighted by molar-refractivity contribution is 9.10. The van der Waals surface area contributed by atoms with E-state index in [4.69, 9.17) is 0 Å². The van der Waals surface area contributed by atoms with Crippen LogP contribution in [0.3, 0.4) is 0 Å². The molecule has 0 aliphatic heterocycles. The number of rotatable bonds is 5. The average Bonchev–Trinajstić information content (AvgIpc) is 3.05. The summed E-state index contributed by atoms with van der Waals surface area (Å²) in [5, 5.41) is 12.1. The van der Waals surface area contributed by atoms with E-state index in [2.05, 4.69) is 31.3 Å². The van der Waals surface area contributed by atoms with Crippen LogP contribution in [0.1, 0.15) is 5.56 Å². The van der Waals surface area contributed by atoms with Gasteiger partial charge in [0, 0.05) is 29.2 Å². The Bertz CT molecular complexity index is 898. The molecule has 0 atom stereocenters. The molecule has 0 saturated carbocycles. The van der Waals surface area contributed by atoms with E-state index in [1.54, 1.807) is 25.2 Å². The number of tetrazole rings is 1. The van der Waals surface area contributed by atoms with Crippen LogP contribution in [0.15, 0.2) is 53.0 Å². The lowest BCUT2D eigenvalue weighted by Crippen LogP contribution is -2.30. The highest BCUT2D eigenvalue weighted by Gasteiger charge is 2.15. The molecule has 2 aromatic carbocycles. The largest absolute Gasteiger partial charge is 0.340 e. The maximum absolute atomic E-state index is 13.7. The Morgan fingerprint density at radius 2 is 1.92 bits per heavy atom. The third-order valence-electron chi connectivity index (χ3n) is 3.64. The molecule has 0 N–H and O–H groups in total. The maximum atomic E-state index is 13.7. The summed E-state index contributed by atoms with van der Waals surface area (Å²) < 4.78 is 14.5. The smallest absolute Gasteiger partial charge is 0.246 e. The fraction of sp³-hybridized carbons (Fsp3) is 0.176. The Labute approximate surface area is 152 Å². The molecule has 0 aliphatic carbocycles. The quantitative estimate of drug-likeness (QED) is 0.656. The second-order valence-electron chi connectivity index (χ2n) is 5.46. The first-order valence-corrected chi connectivity index (χ1v) is 8.34. The minimum atomic E-state index is -0.336. The zero-order chi connectivity index (χ0) is 17.8. The van der Waals surface area contributed by atoms with Gasteiger partial charge in [0.2, 0.25) is 11.7 Å². The van der Waals surface area contributed by atoms with E-state index in [0.717, 1.165) is 10.0 Å². The van der Waals surface area contributed by atoms with Crippen LogP contribution in [0, 0.1) is 5.82 Å². The van der Waals surface area contributed by atoms with Gasteiger partial charge in [0.05, 0.1) is 0 Å². The lowest BCUT2D eigenvalue weighted by molar-refractivity contribution is -0.131. The molecule has 0 saturated heterocycles. The molecule has 0 aliphatic rings. The summed E-state index contributed by atoms with van der Waals surface area (Å²) in [6.07, 6.45) is 0. The Hall–Kier alpha value is -2.61. The van der Waals surface area contributed by atoms with Crippen LogP contribution >= 0.6 is 15.9 Å². The van der Waals surface area contributed by atoms with Crippen molar-refractivity contribution in [1.29, 1.82) is 0 Å². The highest BCUT2D eigenvalue weighted by atomic mass is 79.9. The van der Waals surface area contributed by atoms with Gasteiger partial charge in [-0.1, -0.05) is 46.3 Å². The molecule has 1 heterocycles. The van der Waals surface area contributed by atoms with Crippen LogP contribution in [0.4, 0.5) is 4.39 Å². The number of carbonyl (C=O) groups excluding carboxylic acids is 1. The first kappa shape index (κ1) is 17.2. The summed E-state index contributed by atoms with van der Waals surface area (Å²) in [6, 6.07) is 13.9. The summed E-state index contributed by atoms with van der Waals surface area (Å²) in [4.78, 5) is 15.0. The Kier molecular flexibility index (Phi) is 5.18. The van der Waals surface area contributed by atoms with Crippen molar-refractivity contribution in [3.8, 4) is 11.4 Å². The van der Waals surface area contributed by atoms with E-state index >= 15 is 0 Å². The van der Waals surface area contributed by atoms with Crippen LogP contribution in [-0.2, 0) is 17.9 Å². The van der Waals surface area contributed by atoms with E-state index in [9.17, 15) is 9.18 Å². The number of likely N-dealkylation sites (N-methyl/N-ethyl adjacent to an activating group) is 1. The number of nitrogens with zero attached hydrogens (tertiary/aromatic N) is 5. The highest BCUT2D eigenvalue weighted by Crippen LogP contribution is 2.24. The number of amides is 1. The minimum absolute atomic E-state index is 0.0671. The molecular weight excluding hydrogens is 389 g/mol. The summed E-state index contributed by atoms with van der Waals surface area (Å²) in [5.74, 6) is -0.145. The molecule has 0 fully saturated rings. The molecule has 3 aromatic rings. The van der Waals surface area contributed by atoms with Gasteiger partial charge in [0.1, 0.15) is 12.4 Å². The number of halogens is 2. The Balaban J connectivity index is 1.67. The monoisotopic (exact) mass is 403 g/mol. The summed E-state index contributed by atoms with van der Waals surface area (Å²) in [7, 11) is 1.61. The van der Waals surface area contributed by atoms with Crippen molar-refractivity contribution >= 4 is 21.8 Å². The molecule has 0 bridgehead atoms. The van der Waals surface area contributed by atoms with Gasteiger partial charge in [-0.05, 0) is 23.4 Å². The van der Waals surface area contributed by atoms with Crippen molar-refractivity contribution in [3.63, 3.8) is 0 Å². The molecule has 0 radical (unpaired) electrons. The number of aromatic nitrogens is 4. The third-order valence-corrected chi connectivity index (χ3v) is 4.33. The van der Waals surface area contributed by atoms with Crippen molar-refractivity contribution < 1.29 is 9.18 Å². The first-order valence-electron chi connectivity index (χ1n) is 7.54. The molecule has 25 heavy (non-hydrogen) atoms. The number of hydrogen-bond donors (Lipinski definition) is 0. The van der Waals surface area contributed by atoms with Gasteiger partial charge in [-0.3, -0.25) is 4.79 Å². The van der Waals surface area contributed by atoms with Crippen molar-refractivity contribution in [2.75, 3.05) is 7.05 Å². The van der Waals surface area contributed by atoms with E-state index in [1.807, 2.05) is 24.3 Å². The summed E-state index contributed by atoms with van der Waals surface area (Å²) in [5.41, 5.74) is 1.25. The van der Waals surface area contributed by atoms with Crippen LogP contribution in [0.25, 0.3) is 11.4 Å². The van der Waals surface area contributed by atoms with Crippen LogP contribution in [0.5, 0.6) is 0 Å². The van der Waals surface area contributed by atoms with Gasteiger partial charge in [-0.25, -0.2) is 4.39 Å². The molecule has 1 amide bonds. The van der Waals surface area contributed by atoms with Crippen LogP contribution in [0.2, 0.25) is 0 Å². The van der Waals surface area contributed by atoms with Crippen molar-refractivity contribution in [2.24, 2.45) is 0 Å². The second kappa shape index (κ2) is 7.52. The Morgan fingerprint density at radius 3 is 2.68 bits per heavy atom. The number of hydrogen-bond acceptors (Lipinski definition) is 4. The van der Waals surface area contributed by atoms with E-state index in [1.165, 1.54) is 15.8 Å². The fourth-order valence-electron chi connectivity index (χ4n) is 2.27. The zero-order valence-electron chi connectivity index (χ0n) is 13.4. The standard InChI is InChI=1S/C17H15BrFN5O/c1-23(10-12-6-2-5-9-15(12)19)16(25)11-24-21-17(20-22-24)13-7-3-4-8-14(13)18/h2-9H,10-11H2,1H3. The SMILES string of the molecule is CN(Cc1ccccc1F)C(=O)Cn1nnc(-c2ccccc2Br)n1. The lowest BCUT2D eigenvalue weighted by Gasteiger charge is -2.17. The summed E-state index contributed by atoms with van der Waals surface area (Å²) in [6.45, 7) is 0.111. The minimum Gasteiger partial charge on any atom is -0.340 e. The third kappa shape index (κ3) is 4.08. The lowest BCUT2D eigenvalue weighted by atomic mass is 10.2. The van der Waals surface area contributed by atoms with Gasteiger partial charge in [0.25, 0.3) is 0 Å². The maximum Gasteiger partial charge on any atom is 0.246 e. The molecule has 3 rings (SSSR count). The fourth-order valence-corrected chi connectivity index (χ4v) is 2.73. The van der Waals surface area contributed by atoms with Gasteiger partial charge in [-0.15, -0.1) is 10.2 Å². The molecule has 8 heteroatoms. The van der Waals surface area contributed by atoms with Gasteiger partial charge in [0.15, 0.2) is 0 Å². The van der Waals surface area contributed by atoms with E-state index < -0.39 is 0 Å². The van der Waals surface area contributed by atoms with Crippen LogP contribution < -0.4 is 0 Å². The zero-order valence-corrected chi connectivity index (χ0v) is 15.0. The van der Waals surface area contributed by atoms with Crippen molar-refractivity contribution in [1.82, 2.24) is 25.1 Å². The van der Waals surface area contributed by atoms with E-state index in [-0.39, 0.29) is 24.8 Å². The molecule has 6 nitrogen and oxygen atoms in total. The Morgan fingerprint density at radius 1 is 1.20 bits per heavy atom. The van der Waals surface area contributed by atoms with Gasteiger partial charge >= 0.3 is 0 Å². The molecular formula is C17H15BrFN5O. The van der Waals surface area contributed by atoms with Crippen LogP contribution in [-0.4, -0.2) is 38.1 Å². The normalized spacial score (nSPS) is 10.7. The van der Waals surface area contributed by atoms with Crippen molar-refractivity contribution in [3.05, 3.63) is 64.4 Å². The summed E-state index contributed by atoms with van der Waals surface area (Å²) >= 11 is 3.43. The number of carbonyl (C=O) groups is 1. The first-order chi connectivity index (χ1) is 12.0. The predicted octanol–water partition coefficient (Wildman–Crippen LogP) is 2.90. The topological polar surface area (TPSA) is 63.9 Å². The molecule has 1 aromatic heterocycles. The molecule has 0 spiro atoms. The van der Waals surface area contributed by atoms with Gasteiger partial charge < -0.3 is 4.90 Å². The second-order valence-corrected chi connectivity index (χ2v) is 6.32. The molecule has 0 unspecified atom stereocenters. The molecule has 128 valence electrons.